The van der Waals surface area contributed by atoms with E-state index in [1.165, 1.54) is 24.3 Å². The second-order valence-corrected chi connectivity index (χ2v) is 6.25. The average Bonchev–Trinajstić information content (AvgIpc) is 2.35. The minimum Gasteiger partial charge on any atom is -0.481 e. The van der Waals surface area contributed by atoms with Gasteiger partial charge in [-0.25, -0.2) is 13.2 Å². The fraction of sp³-hybridized carbons (Fsp3) is 0.333. The lowest BCUT2D eigenvalue weighted by molar-refractivity contribution is -0.145. The molecule has 7 nitrogen and oxygen atoms in total. The summed E-state index contributed by atoms with van der Waals surface area (Å²) in [6, 6.07) is 5.68. The molecule has 108 valence electrons. The number of carboxylic acid groups (broad SMARTS) is 1. The standard InChI is InChI=1S/C12H13NO6S/c1-19-12(16)9-4-2-3-5-10(9)20(17,18)13-6-8(7-13)11(14)15/h2-5,8H,6-7H2,1H3,(H,14,15). The predicted octanol–water partition coefficient (Wildman–Crippen LogP) is 0.178. The topological polar surface area (TPSA) is 101 Å². The van der Waals surface area contributed by atoms with E-state index in [2.05, 4.69) is 4.74 Å². The average molecular weight is 299 g/mol. The number of rotatable bonds is 4. The van der Waals surface area contributed by atoms with Gasteiger partial charge >= 0.3 is 11.9 Å². The Bertz CT molecular complexity index is 648. The second kappa shape index (κ2) is 5.22. The van der Waals surface area contributed by atoms with Gasteiger partial charge in [0.25, 0.3) is 0 Å². The number of hydrogen-bond acceptors (Lipinski definition) is 5. The molecule has 1 saturated heterocycles. The summed E-state index contributed by atoms with van der Waals surface area (Å²) in [5, 5.41) is 8.77. The van der Waals surface area contributed by atoms with Gasteiger partial charge < -0.3 is 9.84 Å². The molecule has 0 bridgehead atoms. The van der Waals surface area contributed by atoms with Crippen LogP contribution in [0.2, 0.25) is 0 Å². The van der Waals surface area contributed by atoms with Gasteiger partial charge in [0.15, 0.2) is 0 Å². The van der Waals surface area contributed by atoms with Gasteiger partial charge in [0, 0.05) is 13.1 Å². The number of carbonyl (C=O) groups is 2. The summed E-state index contributed by atoms with van der Waals surface area (Å²) >= 11 is 0. The van der Waals surface area contributed by atoms with Gasteiger partial charge in [-0.3, -0.25) is 4.79 Å². The molecule has 1 fully saturated rings. The molecule has 20 heavy (non-hydrogen) atoms. The summed E-state index contributed by atoms with van der Waals surface area (Å²) < 4.78 is 30.3. The van der Waals surface area contributed by atoms with Gasteiger partial charge in [0.2, 0.25) is 10.0 Å². The summed E-state index contributed by atoms with van der Waals surface area (Å²) in [6.07, 6.45) is 0. The third-order valence-electron chi connectivity index (χ3n) is 3.11. The summed E-state index contributed by atoms with van der Waals surface area (Å²) in [5.41, 5.74) is -0.0613. The van der Waals surface area contributed by atoms with E-state index >= 15 is 0 Å². The number of hydrogen-bond donors (Lipinski definition) is 1. The zero-order valence-corrected chi connectivity index (χ0v) is 11.5. The first-order valence-electron chi connectivity index (χ1n) is 5.78. The Balaban J connectivity index is 2.32. The van der Waals surface area contributed by atoms with Gasteiger partial charge in [-0.2, -0.15) is 4.31 Å². The summed E-state index contributed by atoms with van der Waals surface area (Å²) in [4.78, 5) is 22.1. The zero-order valence-electron chi connectivity index (χ0n) is 10.6. The van der Waals surface area contributed by atoms with Gasteiger partial charge in [-0.1, -0.05) is 12.1 Å². The minimum atomic E-state index is -3.89. The molecule has 0 radical (unpaired) electrons. The largest absolute Gasteiger partial charge is 0.481 e. The Morgan fingerprint density at radius 3 is 2.45 bits per heavy atom. The van der Waals surface area contributed by atoms with Crippen LogP contribution in [0.25, 0.3) is 0 Å². The maximum absolute atomic E-state index is 12.3. The number of nitrogens with zero attached hydrogens (tertiary/aromatic N) is 1. The molecule has 1 aromatic carbocycles. The summed E-state index contributed by atoms with van der Waals surface area (Å²) in [7, 11) is -2.72. The molecule has 0 spiro atoms. The Morgan fingerprint density at radius 2 is 1.90 bits per heavy atom. The van der Waals surface area contributed by atoms with Crippen molar-refractivity contribution < 1.29 is 27.9 Å². The molecule has 0 saturated carbocycles. The van der Waals surface area contributed by atoms with Crippen molar-refractivity contribution in [1.29, 1.82) is 0 Å². The number of carbonyl (C=O) groups excluding carboxylic acids is 1. The van der Waals surface area contributed by atoms with Crippen molar-refractivity contribution in [3.05, 3.63) is 29.8 Å². The molecular formula is C12H13NO6S. The Kier molecular flexibility index (Phi) is 3.78. The van der Waals surface area contributed by atoms with Crippen LogP contribution in [-0.2, 0) is 19.6 Å². The fourth-order valence-corrected chi connectivity index (χ4v) is 3.61. The number of aliphatic carboxylic acids is 1. The first-order valence-corrected chi connectivity index (χ1v) is 7.22. The number of sulfonamides is 1. The quantitative estimate of drug-likeness (QED) is 0.796. The molecule has 0 atom stereocenters. The first-order chi connectivity index (χ1) is 9.37. The number of methoxy groups -OCH3 is 1. The van der Waals surface area contributed by atoms with Gasteiger partial charge in [0.05, 0.1) is 23.5 Å². The first kappa shape index (κ1) is 14.5. The summed E-state index contributed by atoms with van der Waals surface area (Å²) in [5.74, 6) is -2.48. The van der Waals surface area contributed by atoms with Gasteiger partial charge in [-0.05, 0) is 12.1 Å². The monoisotopic (exact) mass is 299 g/mol. The highest BCUT2D eigenvalue weighted by molar-refractivity contribution is 7.89. The minimum absolute atomic E-state index is 0.0613. The van der Waals surface area contributed by atoms with Crippen LogP contribution in [0.15, 0.2) is 29.2 Å². The Hall–Kier alpha value is -1.93. The van der Waals surface area contributed by atoms with Crippen LogP contribution < -0.4 is 0 Å². The van der Waals surface area contributed by atoms with E-state index in [0.717, 1.165) is 11.4 Å². The SMILES string of the molecule is COC(=O)c1ccccc1S(=O)(=O)N1CC(C(=O)O)C1. The lowest BCUT2D eigenvalue weighted by Gasteiger charge is -2.35. The van der Waals surface area contributed by atoms with Crippen LogP contribution in [0.1, 0.15) is 10.4 Å². The number of esters is 1. The molecule has 2 rings (SSSR count). The van der Waals surface area contributed by atoms with Gasteiger partial charge in [0.1, 0.15) is 0 Å². The van der Waals surface area contributed by atoms with Crippen LogP contribution in [0.4, 0.5) is 0 Å². The van der Waals surface area contributed by atoms with Crippen molar-refractivity contribution in [2.24, 2.45) is 5.92 Å². The second-order valence-electron chi connectivity index (χ2n) is 4.34. The van der Waals surface area contributed by atoms with E-state index < -0.39 is 27.9 Å². The van der Waals surface area contributed by atoms with Crippen LogP contribution in [0, 0.1) is 5.92 Å². The number of ether oxygens (including phenoxy) is 1. The molecule has 1 heterocycles. The lowest BCUT2D eigenvalue weighted by atomic mass is 10.0. The van der Waals surface area contributed by atoms with Crippen LogP contribution in [0.5, 0.6) is 0 Å². The lowest BCUT2D eigenvalue weighted by Crippen LogP contribution is -2.53. The van der Waals surface area contributed by atoms with Crippen molar-refractivity contribution in [2.75, 3.05) is 20.2 Å². The molecule has 1 N–H and O–H groups in total. The van der Waals surface area contributed by atoms with E-state index in [1.807, 2.05) is 0 Å². The molecule has 8 heteroatoms. The Morgan fingerprint density at radius 1 is 1.30 bits per heavy atom. The molecule has 0 aromatic heterocycles. The maximum Gasteiger partial charge on any atom is 0.339 e. The van der Waals surface area contributed by atoms with Crippen LogP contribution in [-0.4, -0.2) is 50.0 Å². The van der Waals surface area contributed by atoms with Crippen LogP contribution in [0.3, 0.4) is 0 Å². The van der Waals surface area contributed by atoms with E-state index in [1.54, 1.807) is 0 Å². The molecular weight excluding hydrogens is 286 g/mol. The smallest absolute Gasteiger partial charge is 0.339 e. The van der Waals surface area contributed by atoms with Crippen molar-refractivity contribution in [1.82, 2.24) is 4.31 Å². The fourth-order valence-electron chi connectivity index (χ4n) is 1.90. The molecule has 0 amide bonds. The molecule has 1 aliphatic rings. The highest BCUT2D eigenvalue weighted by atomic mass is 32.2. The summed E-state index contributed by atoms with van der Waals surface area (Å²) in [6.45, 7) is -0.180. The normalized spacial score (nSPS) is 16.4. The molecule has 0 aliphatic carbocycles. The van der Waals surface area contributed by atoms with Crippen molar-refractivity contribution >= 4 is 22.0 Å². The zero-order chi connectivity index (χ0) is 14.9. The van der Waals surface area contributed by atoms with E-state index in [0.29, 0.717) is 0 Å². The third kappa shape index (κ3) is 2.39. The molecule has 0 unspecified atom stereocenters. The maximum atomic E-state index is 12.3. The number of benzene rings is 1. The number of carboxylic acids is 1. The van der Waals surface area contributed by atoms with Crippen molar-refractivity contribution in [2.45, 2.75) is 4.90 Å². The van der Waals surface area contributed by atoms with Gasteiger partial charge in [-0.15, -0.1) is 0 Å². The predicted molar refractivity (Wildman–Crippen MR) is 67.7 cm³/mol. The molecule has 1 aliphatic heterocycles. The third-order valence-corrected chi connectivity index (χ3v) is 5.00. The highest BCUT2D eigenvalue weighted by Gasteiger charge is 2.41. The van der Waals surface area contributed by atoms with E-state index in [4.69, 9.17) is 5.11 Å². The Labute approximate surface area is 115 Å². The van der Waals surface area contributed by atoms with E-state index in [9.17, 15) is 18.0 Å². The van der Waals surface area contributed by atoms with E-state index in [-0.39, 0.29) is 23.5 Å². The van der Waals surface area contributed by atoms with Crippen LogP contribution >= 0.6 is 0 Å². The van der Waals surface area contributed by atoms with Crippen molar-refractivity contribution in [3.63, 3.8) is 0 Å². The van der Waals surface area contributed by atoms with Crippen molar-refractivity contribution in [3.8, 4) is 0 Å². The molecule has 1 aromatic rings. The highest BCUT2D eigenvalue weighted by Crippen LogP contribution is 2.27.